The van der Waals surface area contributed by atoms with Gasteiger partial charge in [0.2, 0.25) is 0 Å². The molecule has 0 aliphatic carbocycles. The van der Waals surface area contributed by atoms with E-state index in [0.717, 1.165) is 12.5 Å². The molecule has 152 valence electrons. The highest BCUT2D eigenvalue weighted by Gasteiger charge is 2.34. The zero-order valence-electron chi connectivity index (χ0n) is 15.2. The first-order chi connectivity index (χ1) is 13.8. The van der Waals surface area contributed by atoms with Crippen molar-refractivity contribution in [3.05, 3.63) is 69.9 Å². The Morgan fingerprint density at radius 3 is 2.59 bits per heavy atom. The van der Waals surface area contributed by atoms with Crippen molar-refractivity contribution in [3.8, 4) is 5.69 Å². The lowest BCUT2D eigenvalue weighted by molar-refractivity contribution is -0.141. The summed E-state index contributed by atoms with van der Waals surface area (Å²) in [6, 6.07) is 9.62. The van der Waals surface area contributed by atoms with E-state index in [4.69, 9.17) is 11.6 Å². The molecule has 3 heterocycles. The topological polar surface area (TPSA) is 56.0 Å². The first-order valence-corrected chi connectivity index (χ1v) is 9.43. The Labute approximate surface area is 169 Å². The molecule has 10 heteroatoms. The number of alkyl halides is 3. The Bertz CT molecular complexity index is 1060. The molecule has 2 aromatic heterocycles. The van der Waals surface area contributed by atoms with Crippen molar-refractivity contribution in [2.45, 2.75) is 25.1 Å². The first-order valence-electron chi connectivity index (χ1n) is 9.05. The maximum absolute atomic E-state index is 12.8. The van der Waals surface area contributed by atoms with Gasteiger partial charge >= 0.3 is 6.18 Å². The van der Waals surface area contributed by atoms with Crippen LogP contribution in [0.5, 0.6) is 0 Å². The van der Waals surface area contributed by atoms with Crippen LogP contribution >= 0.6 is 11.6 Å². The average molecular weight is 424 g/mol. The van der Waals surface area contributed by atoms with Crippen LogP contribution in [0.4, 0.5) is 18.9 Å². The number of aromatic nitrogens is 4. The number of nitrogens with zero attached hydrogens (tertiary/aromatic N) is 5. The van der Waals surface area contributed by atoms with Crippen LogP contribution in [-0.4, -0.2) is 32.7 Å². The fourth-order valence-electron chi connectivity index (χ4n) is 3.48. The molecule has 3 aromatic rings. The highest BCUT2D eigenvalue weighted by molar-refractivity contribution is 6.33. The summed E-state index contributed by atoms with van der Waals surface area (Å²) in [6.45, 7) is 1.01. The summed E-state index contributed by atoms with van der Waals surface area (Å²) in [6.07, 6.45) is -0.214. The van der Waals surface area contributed by atoms with Crippen LogP contribution in [0.15, 0.2) is 53.6 Å². The molecule has 0 bridgehead atoms. The summed E-state index contributed by atoms with van der Waals surface area (Å²) in [5, 5.41) is 7.93. The van der Waals surface area contributed by atoms with Gasteiger partial charge < -0.3 is 4.90 Å². The van der Waals surface area contributed by atoms with E-state index in [1.807, 2.05) is 11.0 Å². The minimum absolute atomic E-state index is 0.0287. The summed E-state index contributed by atoms with van der Waals surface area (Å²) < 4.78 is 41.1. The molecular formula is C19H17ClF3N5O. The fraction of sp³-hybridized carbons (Fsp3) is 0.316. The van der Waals surface area contributed by atoms with E-state index >= 15 is 0 Å². The largest absolute Gasteiger partial charge is 0.435 e. The molecule has 1 unspecified atom stereocenters. The predicted octanol–water partition coefficient (Wildman–Crippen LogP) is 3.94. The molecule has 4 rings (SSSR count). The number of hydrogen-bond donors (Lipinski definition) is 0. The third-order valence-corrected chi connectivity index (χ3v) is 5.27. The maximum atomic E-state index is 12.8. The Morgan fingerprint density at radius 1 is 1.14 bits per heavy atom. The quantitative estimate of drug-likeness (QED) is 0.640. The average Bonchev–Trinajstić information content (AvgIpc) is 3.22. The van der Waals surface area contributed by atoms with Crippen LogP contribution in [0, 0.1) is 0 Å². The van der Waals surface area contributed by atoms with Crippen molar-refractivity contribution in [2.24, 2.45) is 0 Å². The van der Waals surface area contributed by atoms with Crippen LogP contribution in [0.3, 0.4) is 0 Å². The summed E-state index contributed by atoms with van der Waals surface area (Å²) in [5.74, 6) is 0. The smallest absolute Gasteiger partial charge is 0.367 e. The van der Waals surface area contributed by atoms with Crippen LogP contribution < -0.4 is 10.5 Å². The van der Waals surface area contributed by atoms with E-state index in [0.29, 0.717) is 30.9 Å². The third-order valence-electron chi connectivity index (χ3n) is 4.91. The van der Waals surface area contributed by atoms with Crippen molar-refractivity contribution in [2.75, 3.05) is 18.0 Å². The summed E-state index contributed by atoms with van der Waals surface area (Å²) in [5.41, 5.74) is -0.300. The van der Waals surface area contributed by atoms with E-state index in [-0.39, 0.29) is 11.1 Å². The van der Waals surface area contributed by atoms with E-state index in [1.165, 1.54) is 21.8 Å². The number of anilines is 1. The molecule has 0 amide bonds. The maximum Gasteiger partial charge on any atom is 0.435 e. The lowest BCUT2D eigenvalue weighted by Crippen LogP contribution is -2.38. The fourth-order valence-corrected chi connectivity index (χ4v) is 3.73. The number of halogens is 4. The van der Waals surface area contributed by atoms with Gasteiger partial charge in [-0.15, -0.1) is 0 Å². The van der Waals surface area contributed by atoms with Crippen molar-refractivity contribution in [3.63, 3.8) is 0 Å². The molecule has 1 saturated heterocycles. The molecule has 0 radical (unpaired) electrons. The van der Waals surface area contributed by atoms with Crippen LogP contribution in [0.25, 0.3) is 5.69 Å². The zero-order chi connectivity index (χ0) is 20.6. The molecule has 0 saturated carbocycles. The molecule has 1 fully saturated rings. The van der Waals surface area contributed by atoms with Gasteiger partial charge in [0.25, 0.3) is 5.56 Å². The normalized spacial score (nSPS) is 17.5. The molecule has 0 spiro atoms. The molecule has 1 aromatic carbocycles. The number of rotatable bonds is 3. The van der Waals surface area contributed by atoms with Gasteiger partial charge in [-0.1, -0.05) is 29.8 Å². The Morgan fingerprint density at radius 2 is 1.90 bits per heavy atom. The van der Waals surface area contributed by atoms with Gasteiger partial charge in [-0.25, -0.2) is 0 Å². The standard InChI is InChI=1S/C19H17ClF3N5O/c20-17-15(11-24-28(18(17)29)13-5-2-1-3-6-13)26-9-4-7-14(12-26)27-10-8-16(25-27)19(21,22)23/h1-3,5-6,8,10-11,14H,4,7,9,12H2. The number of piperidine rings is 1. The zero-order valence-corrected chi connectivity index (χ0v) is 15.9. The van der Waals surface area contributed by atoms with Crippen LogP contribution in [-0.2, 0) is 6.18 Å². The van der Waals surface area contributed by atoms with Gasteiger partial charge in [-0.3, -0.25) is 9.48 Å². The van der Waals surface area contributed by atoms with E-state index in [2.05, 4.69) is 10.2 Å². The van der Waals surface area contributed by atoms with Crippen molar-refractivity contribution in [1.82, 2.24) is 19.6 Å². The molecule has 1 aliphatic heterocycles. The predicted molar refractivity (Wildman–Crippen MR) is 103 cm³/mol. The Hall–Kier alpha value is -2.81. The van der Waals surface area contributed by atoms with Crippen molar-refractivity contribution >= 4 is 17.3 Å². The first kappa shape index (κ1) is 19.5. The van der Waals surface area contributed by atoms with Gasteiger partial charge in [-0.2, -0.15) is 28.1 Å². The van der Waals surface area contributed by atoms with Crippen LogP contribution in [0.2, 0.25) is 5.02 Å². The lowest BCUT2D eigenvalue weighted by atomic mass is 10.1. The number of benzene rings is 1. The van der Waals surface area contributed by atoms with E-state index < -0.39 is 17.4 Å². The lowest BCUT2D eigenvalue weighted by Gasteiger charge is -2.34. The van der Waals surface area contributed by atoms with Crippen LogP contribution in [0.1, 0.15) is 24.6 Å². The summed E-state index contributed by atoms with van der Waals surface area (Å²) in [7, 11) is 0. The van der Waals surface area contributed by atoms with Gasteiger partial charge in [0, 0.05) is 19.3 Å². The second-order valence-electron chi connectivity index (χ2n) is 6.82. The second-order valence-corrected chi connectivity index (χ2v) is 7.20. The third kappa shape index (κ3) is 3.87. The molecule has 29 heavy (non-hydrogen) atoms. The highest BCUT2D eigenvalue weighted by atomic mass is 35.5. The number of hydrogen-bond acceptors (Lipinski definition) is 4. The summed E-state index contributed by atoms with van der Waals surface area (Å²) in [4.78, 5) is 14.6. The highest BCUT2D eigenvalue weighted by Crippen LogP contribution is 2.31. The monoisotopic (exact) mass is 423 g/mol. The molecular weight excluding hydrogens is 407 g/mol. The second kappa shape index (κ2) is 7.55. The molecule has 1 atom stereocenters. The Kier molecular flexibility index (Phi) is 5.08. The van der Waals surface area contributed by atoms with Gasteiger partial charge in [0.1, 0.15) is 5.02 Å². The SMILES string of the molecule is O=c1c(Cl)c(N2CCCC(n3ccc(C(F)(F)F)n3)C2)cnn1-c1ccccc1. The van der Waals surface area contributed by atoms with Crippen molar-refractivity contribution in [1.29, 1.82) is 0 Å². The van der Waals surface area contributed by atoms with Gasteiger partial charge in [-0.05, 0) is 31.0 Å². The molecule has 6 nitrogen and oxygen atoms in total. The van der Waals surface area contributed by atoms with E-state index in [1.54, 1.807) is 24.3 Å². The molecule has 0 N–H and O–H groups in total. The molecule has 1 aliphatic rings. The van der Waals surface area contributed by atoms with Gasteiger partial charge in [0.15, 0.2) is 5.69 Å². The number of para-hydroxylation sites is 1. The van der Waals surface area contributed by atoms with E-state index in [9.17, 15) is 18.0 Å². The summed E-state index contributed by atoms with van der Waals surface area (Å²) >= 11 is 6.35. The minimum atomic E-state index is -4.48. The van der Waals surface area contributed by atoms with Gasteiger partial charge in [0.05, 0.1) is 23.6 Å². The Balaban J connectivity index is 1.59. The van der Waals surface area contributed by atoms with Crippen molar-refractivity contribution < 1.29 is 13.2 Å². The minimum Gasteiger partial charge on any atom is -0.367 e.